The third kappa shape index (κ3) is 2.92. The maximum atomic E-state index is 13.1. The van der Waals surface area contributed by atoms with Gasteiger partial charge in [0.05, 0.1) is 0 Å². The van der Waals surface area contributed by atoms with Gasteiger partial charge in [-0.15, -0.1) is 0 Å². The average Bonchev–Trinajstić information content (AvgIpc) is 3.03. The van der Waals surface area contributed by atoms with Gasteiger partial charge >= 0.3 is 0 Å². The predicted molar refractivity (Wildman–Crippen MR) is 101 cm³/mol. The van der Waals surface area contributed by atoms with Gasteiger partial charge in [-0.1, -0.05) is 18.2 Å². The zero-order chi connectivity index (χ0) is 18.4. The summed E-state index contributed by atoms with van der Waals surface area (Å²) in [4.78, 5) is 8.43. The molecule has 2 heterocycles. The first-order valence-electron chi connectivity index (χ1n) is 8.67. The molecule has 2 aromatic carbocycles. The van der Waals surface area contributed by atoms with Crippen molar-refractivity contribution in [1.82, 2.24) is 20.2 Å². The number of anilines is 3. The van der Waals surface area contributed by atoms with Gasteiger partial charge in [0.15, 0.2) is 11.3 Å². The number of halogens is 2. The lowest BCUT2D eigenvalue weighted by Gasteiger charge is -2.36. The van der Waals surface area contributed by atoms with Crippen LogP contribution >= 0.6 is 0 Å². The van der Waals surface area contributed by atoms with Crippen LogP contribution in [-0.2, 0) is 0 Å². The summed E-state index contributed by atoms with van der Waals surface area (Å²) in [5.74, 6) is -1.86. The summed E-state index contributed by atoms with van der Waals surface area (Å²) in [7, 11) is 0. The molecule has 3 N–H and O–H groups in total. The van der Waals surface area contributed by atoms with Crippen molar-refractivity contribution in [3.05, 3.63) is 48.8 Å². The lowest BCUT2D eigenvalue weighted by Crippen LogP contribution is -2.44. The lowest BCUT2D eigenvalue weighted by molar-refractivity contribution is -0.0793. The maximum absolute atomic E-state index is 13.1. The normalized spacial score (nSPS) is 16.4. The van der Waals surface area contributed by atoms with Crippen LogP contribution in [0.5, 0.6) is 0 Å². The zero-order valence-corrected chi connectivity index (χ0v) is 14.2. The second-order valence-electron chi connectivity index (χ2n) is 6.80. The molecule has 0 aliphatic heterocycles. The first-order chi connectivity index (χ1) is 13.1. The first kappa shape index (κ1) is 15.9. The minimum Gasteiger partial charge on any atom is -0.381 e. The number of fused-ring (bicyclic) bond motifs is 2. The number of rotatable bonds is 4. The smallest absolute Gasteiger partial charge is 0.252 e. The number of hydrogen-bond donors (Lipinski definition) is 3. The highest BCUT2D eigenvalue weighted by atomic mass is 19.3. The molecule has 0 bridgehead atoms. The maximum Gasteiger partial charge on any atom is 0.252 e. The van der Waals surface area contributed by atoms with Crippen LogP contribution in [0.1, 0.15) is 12.8 Å². The van der Waals surface area contributed by atoms with E-state index >= 15 is 0 Å². The molecule has 6 nitrogen and oxygen atoms in total. The van der Waals surface area contributed by atoms with Crippen molar-refractivity contribution in [2.45, 2.75) is 24.8 Å². The Hall–Kier alpha value is -3.29. The minimum atomic E-state index is -2.53. The molecule has 2 aromatic heterocycles. The van der Waals surface area contributed by atoms with Crippen LogP contribution in [0, 0.1) is 0 Å². The highest BCUT2D eigenvalue weighted by molar-refractivity contribution is 5.96. The van der Waals surface area contributed by atoms with Gasteiger partial charge in [-0.2, -0.15) is 5.10 Å². The van der Waals surface area contributed by atoms with Gasteiger partial charge in [0, 0.05) is 48.0 Å². The Morgan fingerprint density at radius 2 is 1.93 bits per heavy atom. The Morgan fingerprint density at radius 1 is 1.07 bits per heavy atom. The number of nitrogens with zero attached hydrogens (tertiary/aromatic N) is 3. The van der Waals surface area contributed by atoms with Crippen molar-refractivity contribution in [3.8, 4) is 0 Å². The molecule has 5 rings (SSSR count). The van der Waals surface area contributed by atoms with E-state index in [1.807, 2.05) is 36.4 Å². The van der Waals surface area contributed by atoms with E-state index in [1.165, 1.54) is 0 Å². The molecular formula is C19H16F2N6. The SMILES string of the molecule is FC1(F)CC(Nc2cccc3cc(Nc4[nH]nc5nccnc45)ccc23)C1. The molecule has 1 saturated carbocycles. The number of alkyl halides is 2. The van der Waals surface area contributed by atoms with Crippen molar-refractivity contribution in [1.29, 1.82) is 0 Å². The van der Waals surface area contributed by atoms with Gasteiger partial charge < -0.3 is 10.6 Å². The number of benzene rings is 2. The Balaban J connectivity index is 1.42. The van der Waals surface area contributed by atoms with Gasteiger partial charge in [-0.25, -0.2) is 18.7 Å². The monoisotopic (exact) mass is 366 g/mol. The van der Waals surface area contributed by atoms with Crippen LogP contribution in [0.3, 0.4) is 0 Å². The van der Waals surface area contributed by atoms with Crippen molar-refractivity contribution in [2.75, 3.05) is 10.6 Å². The van der Waals surface area contributed by atoms with E-state index in [4.69, 9.17) is 0 Å². The van der Waals surface area contributed by atoms with E-state index < -0.39 is 5.92 Å². The largest absolute Gasteiger partial charge is 0.381 e. The molecule has 1 fully saturated rings. The summed E-state index contributed by atoms with van der Waals surface area (Å²) >= 11 is 0. The topological polar surface area (TPSA) is 78.5 Å². The van der Waals surface area contributed by atoms with E-state index in [1.54, 1.807) is 12.4 Å². The molecule has 0 radical (unpaired) electrons. The summed E-state index contributed by atoms with van der Waals surface area (Å²) in [6, 6.07) is 11.6. The summed E-state index contributed by atoms with van der Waals surface area (Å²) < 4.78 is 26.2. The lowest BCUT2D eigenvalue weighted by atomic mass is 9.88. The molecule has 1 aliphatic rings. The van der Waals surface area contributed by atoms with Crippen LogP contribution in [0.15, 0.2) is 48.8 Å². The fourth-order valence-corrected chi connectivity index (χ4v) is 3.45. The van der Waals surface area contributed by atoms with Crippen LogP contribution in [0.4, 0.5) is 26.0 Å². The second-order valence-corrected chi connectivity index (χ2v) is 6.80. The van der Waals surface area contributed by atoms with E-state index in [0.717, 1.165) is 22.1 Å². The van der Waals surface area contributed by atoms with Gasteiger partial charge in [-0.05, 0) is 23.6 Å². The third-order valence-corrected chi connectivity index (χ3v) is 4.79. The standard InChI is InChI=1S/C19H16F2N6/c20-19(21)9-13(10-19)24-15-3-1-2-11-8-12(4-5-14(11)15)25-18-16-17(26-27-18)23-7-6-22-16/h1-8,13,24H,9-10H2,(H2,23,25,26,27). The Bertz CT molecular complexity index is 1130. The number of aromatic nitrogens is 4. The zero-order valence-electron chi connectivity index (χ0n) is 14.2. The van der Waals surface area contributed by atoms with Gasteiger partial charge in [-0.3, -0.25) is 5.10 Å². The molecule has 0 saturated heterocycles. The van der Waals surface area contributed by atoms with Crippen LogP contribution in [0.25, 0.3) is 21.9 Å². The molecule has 27 heavy (non-hydrogen) atoms. The van der Waals surface area contributed by atoms with E-state index in [-0.39, 0.29) is 18.9 Å². The highest BCUT2D eigenvalue weighted by Crippen LogP contribution is 2.40. The molecular weight excluding hydrogens is 350 g/mol. The minimum absolute atomic E-state index is 0.114. The van der Waals surface area contributed by atoms with Gasteiger partial charge in [0.1, 0.15) is 0 Å². The summed E-state index contributed by atoms with van der Waals surface area (Å²) in [6.45, 7) is 0. The summed E-state index contributed by atoms with van der Waals surface area (Å²) in [5.41, 5.74) is 2.95. The fraction of sp³-hybridized carbons (Fsp3) is 0.211. The quantitative estimate of drug-likeness (QED) is 0.497. The van der Waals surface area contributed by atoms with Crippen LogP contribution < -0.4 is 10.6 Å². The Labute approximate surface area is 153 Å². The van der Waals surface area contributed by atoms with Crippen molar-refractivity contribution < 1.29 is 8.78 Å². The Kier molecular flexibility index (Phi) is 3.46. The second kappa shape index (κ2) is 5.87. The van der Waals surface area contributed by atoms with E-state index in [9.17, 15) is 8.78 Å². The summed E-state index contributed by atoms with van der Waals surface area (Å²) in [5, 5.41) is 15.5. The number of hydrogen-bond acceptors (Lipinski definition) is 5. The number of H-pyrrole nitrogens is 1. The van der Waals surface area contributed by atoms with E-state index in [2.05, 4.69) is 30.8 Å². The highest BCUT2D eigenvalue weighted by Gasteiger charge is 2.45. The van der Waals surface area contributed by atoms with Crippen LogP contribution in [0.2, 0.25) is 0 Å². The Morgan fingerprint density at radius 3 is 2.78 bits per heavy atom. The fourth-order valence-electron chi connectivity index (χ4n) is 3.45. The third-order valence-electron chi connectivity index (χ3n) is 4.79. The number of aromatic amines is 1. The molecule has 0 unspecified atom stereocenters. The first-order valence-corrected chi connectivity index (χ1v) is 8.67. The molecule has 0 spiro atoms. The van der Waals surface area contributed by atoms with Crippen molar-refractivity contribution in [2.24, 2.45) is 0 Å². The molecule has 4 aromatic rings. The average molecular weight is 366 g/mol. The molecule has 0 atom stereocenters. The van der Waals surface area contributed by atoms with Crippen LogP contribution in [-0.4, -0.2) is 32.1 Å². The molecule has 0 amide bonds. The predicted octanol–water partition coefficient (Wildman–Crippen LogP) is 4.46. The van der Waals surface area contributed by atoms with Crippen molar-refractivity contribution in [3.63, 3.8) is 0 Å². The molecule has 1 aliphatic carbocycles. The molecule has 136 valence electrons. The molecule has 8 heteroatoms. The van der Waals surface area contributed by atoms with Crippen molar-refractivity contribution >= 4 is 39.1 Å². The summed E-state index contributed by atoms with van der Waals surface area (Å²) in [6.07, 6.45) is 2.98. The number of nitrogens with one attached hydrogen (secondary N) is 3. The van der Waals surface area contributed by atoms with Gasteiger partial charge in [0.25, 0.3) is 5.92 Å². The van der Waals surface area contributed by atoms with E-state index in [0.29, 0.717) is 17.0 Å². The van der Waals surface area contributed by atoms with Gasteiger partial charge in [0.2, 0.25) is 5.65 Å².